The number of cyclic esters (lactones) is 1. The number of hydrogen-bond donors (Lipinski definition) is 2. The fourth-order valence-electron chi connectivity index (χ4n) is 5.37. The van der Waals surface area contributed by atoms with Gasteiger partial charge in [-0.2, -0.15) is 0 Å². The fourth-order valence-corrected chi connectivity index (χ4v) is 5.37. The highest BCUT2D eigenvalue weighted by atomic mass is 16.6. The molecular weight excluding hydrogens is 462 g/mol. The maximum atomic E-state index is 13.3. The summed E-state index contributed by atoms with van der Waals surface area (Å²) in [6.07, 6.45) is 1.18. The third kappa shape index (κ3) is 5.10. The highest BCUT2D eigenvalue weighted by Crippen LogP contribution is 2.48. The molecule has 3 aromatic rings. The molecule has 6 heteroatoms. The second-order valence-electron chi connectivity index (χ2n) is 10.1. The number of carbonyl (C=O) groups is 2. The third-order valence-electron chi connectivity index (χ3n) is 7.07. The molecule has 0 aliphatic carbocycles. The topological polar surface area (TPSA) is 70.7 Å². The summed E-state index contributed by atoms with van der Waals surface area (Å²) in [5, 5.41) is 6.52. The number of amides is 2. The van der Waals surface area contributed by atoms with Crippen molar-refractivity contribution in [1.82, 2.24) is 10.2 Å². The lowest BCUT2D eigenvalue weighted by atomic mass is 9.77. The lowest BCUT2D eigenvalue weighted by molar-refractivity contribution is -0.149. The van der Waals surface area contributed by atoms with Crippen molar-refractivity contribution in [2.75, 3.05) is 18.4 Å². The van der Waals surface area contributed by atoms with Crippen molar-refractivity contribution < 1.29 is 14.3 Å². The minimum absolute atomic E-state index is 0.146. The Kier molecular flexibility index (Phi) is 6.99. The molecule has 0 fully saturated rings. The summed E-state index contributed by atoms with van der Waals surface area (Å²) in [7, 11) is 0. The number of nitrogens with zero attached hydrogens (tertiary/aromatic N) is 1. The van der Waals surface area contributed by atoms with Crippen LogP contribution in [0, 0.1) is 5.92 Å². The molecule has 37 heavy (non-hydrogen) atoms. The molecular formula is C31H33N3O3. The van der Waals surface area contributed by atoms with Crippen LogP contribution >= 0.6 is 0 Å². The van der Waals surface area contributed by atoms with E-state index < -0.39 is 5.60 Å². The Bertz CT molecular complexity index is 1300. The van der Waals surface area contributed by atoms with Gasteiger partial charge in [0.2, 0.25) is 0 Å². The standard InChI is InChI=1S/C31H33N3O3/c1-22(2)19-31(24-12-5-3-6-13-24)27-21-34(18-17-26(27)29(35)37-31)30(36)32-20-23-11-9-10-16-28(23)33-25-14-7-4-8-15-25/h3-16,22,33H,17-21H2,1-2H3,(H,32,36). The lowest BCUT2D eigenvalue weighted by Gasteiger charge is -2.37. The fraction of sp³-hybridized carbons (Fsp3) is 0.290. The SMILES string of the molecule is CC(C)CC1(c2ccccc2)OC(=O)C2=C1CN(C(=O)NCc1ccccc1Nc1ccccc1)CC2. The molecule has 0 radical (unpaired) electrons. The van der Waals surface area contributed by atoms with Gasteiger partial charge in [-0.15, -0.1) is 0 Å². The second-order valence-corrected chi connectivity index (χ2v) is 10.1. The minimum atomic E-state index is -0.826. The Morgan fingerprint density at radius 2 is 1.65 bits per heavy atom. The molecule has 0 saturated carbocycles. The zero-order valence-electron chi connectivity index (χ0n) is 21.4. The van der Waals surface area contributed by atoms with Gasteiger partial charge < -0.3 is 20.3 Å². The average Bonchev–Trinajstić information content (AvgIpc) is 3.20. The van der Waals surface area contributed by atoms with Crippen molar-refractivity contribution in [3.8, 4) is 0 Å². The molecule has 3 aromatic carbocycles. The van der Waals surface area contributed by atoms with E-state index in [0.717, 1.165) is 33.6 Å². The van der Waals surface area contributed by atoms with Crippen LogP contribution in [0.25, 0.3) is 0 Å². The lowest BCUT2D eigenvalue weighted by Crippen LogP contribution is -2.46. The van der Waals surface area contributed by atoms with Crippen LogP contribution in [-0.2, 0) is 21.7 Å². The molecule has 6 nitrogen and oxygen atoms in total. The summed E-state index contributed by atoms with van der Waals surface area (Å²) in [5.74, 6) is 0.0538. The van der Waals surface area contributed by atoms with Gasteiger partial charge in [-0.3, -0.25) is 0 Å². The largest absolute Gasteiger partial charge is 0.446 e. The number of hydrogen-bond acceptors (Lipinski definition) is 4. The van der Waals surface area contributed by atoms with Crippen molar-refractivity contribution in [1.29, 1.82) is 0 Å². The Labute approximate surface area is 218 Å². The quantitative estimate of drug-likeness (QED) is 0.386. The minimum Gasteiger partial charge on any atom is -0.446 e. The van der Waals surface area contributed by atoms with Crippen LogP contribution in [0.2, 0.25) is 0 Å². The maximum Gasteiger partial charge on any atom is 0.335 e. The summed E-state index contributed by atoms with van der Waals surface area (Å²) >= 11 is 0. The number of anilines is 2. The zero-order valence-corrected chi connectivity index (χ0v) is 21.4. The van der Waals surface area contributed by atoms with Gasteiger partial charge in [-0.25, -0.2) is 9.59 Å². The van der Waals surface area contributed by atoms with Crippen LogP contribution in [0.3, 0.4) is 0 Å². The van der Waals surface area contributed by atoms with Crippen LogP contribution in [-0.4, -0.2) is 30.0 Å². The Morgan fingerprint density at radius 3 is 2.38 bits per heavy atom. The molecule has 2 N–H and O–H groups in total. The van der Waals surface area contributed by atoms with E-state index in [1.807, 2.05) is 84.9 Å². The van der Waals surface area contributed by atoms with E-state index in [1.165, 1.54) is 0 Å². The number of urea groups is 1. The van der Waals surface area contributed by atoms with Crippen LogP contribution in [0.5, 0.6) is 0 Å². The first-order chi connectivity index (χ1) is 18.0. The van der Waals surface area contributed by atoms with Gasteiger partial charge >= 0.3 is 12.0 Å². The molecule has 5 rings (SSSR count). The van der Waals surface area contributed by atoms with E-state index >= 15 is 0 Å². The first kappa shape index (κ1) is 24.6. The van der Waals surface area contributed by atoms with Crippen molar-refractivity contribution in [2.24, 2.45) is 5.92 Å². The molecule has 0 bridgehead atoms. The first-order valence-electron chi connectivity index (χ1n) is 12.9. The van der Waals surface area contributed by atoms with Crippen molar-refractivity contribution in [3.63, 3.8) is 0 Å². The van der Waals surface area contributed by atoms with Crippen LogP contribution in [0.1, 0.15) is 37.8 Å². The van der Waals surface area contributed by atoms with Crippen molar-refractivity contribution in [2.45, 2.75) is 38.8 Å². The summed E-state index contributed by atoms with van der Waals surface area (Å²) in [5.41, 5.74) is 4.72. The summed E-state index contributed by atoms with van der Waals surface area (Å²) < 4.78 is 6.14. The summed E-state index contributed by atoms with van der Waals surface area (Å²) in [6.45, 7) is 5.51. The molecule has 1 unspecified atom stereocenters. The van der Waals surface area contributed by atoms with Gasteiger partial charge in [0.1, 0.15) is 0 Å². The Hall–Kier alpha value is -4.06. The summed E-state index contributed by atoms with van der Waals surface area (Å²) in [4.78, 5) is 28.1. The van der Waals surface area contributed by atoms with E-state index in [4.69, 9.17) is 4.74 Å². The third-order valence-corrected chi connectivity index (χ3v) is 7.07. The van der Waals surface area contributed by atoms with E-state index in [0.29, 0.717) is 38.4 Å². The van der Waals surface area contributed by atoms with Crippen molar-refractivity contribution in [3.05, 3.63) is 107 Å². The van der Waals surface area contributed by atoms with E-state index in [1.54, 1.807) is 4.90 Å². The first-order valence-corrected chi connectivity index (χ1v) is 12.9. The molecule has 0 saturated heterocycles. The molecule has 2 heterocycles. The van der Waals surface area contributed by atoms with Gasteiger partial charge in [0.15, 0.2) is 5.60 Å². The molecule has 0 spiro atoms. The molecule has 190 valence electrons. The average molecular weight is 496 g/mol. The number of benzene rings is 3. The van der Waals surface area contributed by atoms with Gasteiger partial charge in [-0.05, 0) is 48.1 Å². The maximum absolute atomic E-state index is 13.3. The number of nitrogens with one attached hydrogen (secondary N) is 2. The van der Waals surface area contributed by atoms with Gasteiger partial charge in [0.05, 0.1) is 0 Å². The predicted molar refractivity (Wildman–Crippen MR) is 145 cm³/mol. The van der Waals surface area contributed by atoms with Crippen LogP contribution < -0.4 is 10.6 Å². The Balaban J connectivity index is 1.33. The van der Waals surface area contributed by atoms with Crippen molar-refractivity contribution >= 4 is 23.4 Å². The smallest absolute Gasteiger partial charge is 0.335 e. The second kappa shape index (κ2) is 10.5. The van der Waals surface area contributed by atoms with Crippen LogP contribution in [0.15, 0.2) is 96.1 Å². The number of carbonyl (C=O) groups excluding carboxylic acids is 2. The van der Waals surface area contributed by atoms with Gasteiger partial charge in [0, 0.05) is 42.2 Å². The van der Waals surface area contributed by atoms with E-state index in [2.05, 4.69) is 24.5 Å². The predicted octanol–water partition coefficient (Wildman–Crippen LogP) is 6.14. The van der Waals surface area contributed by atoms with Gasteiger partial charge in [-0.1, -0.05) is 80.6 Å². The van der Waals surface area contributed by atoms with E-state index in [9.17, 15) is 9.59 Å². The monoisotopic (exact) mass is 495 g/mol. The van der Waals surface area contributed by atoms with E-state index in [-0.39, 0.29) is 12.0 Å². The normalized spacial score (nSPS) is 19.0. The molecule has 0 aromatic heterocycles. The Morgan fingerprint density at radius 1 is 0.973 bits per heavy atom. The highest BCUT2D eigenvalue weighted by Gasteiger charge is 2.50. The zero-order chi connectivity index (χ0) is 25.8. The number of ether oxygens (including phenoxy) is 1. The molecule has 1 atom stereocenters. The molecule has 2 amide bonds. The van der Waals surface area contributed by atoms with Crippen LogP contribution in [0.4, 0.5) is 16.2 Å². The number of para-hydroxylation sites is 2. The molecule has 2 aliphatic rings. The van der Waals surface area contributed by atoms with Gasteiger partial charge in [0.25, 0.3) is 0 Å². The number of esters is 1. The number of rotatable bonds is 7. The molecule has 2 aliphatic heterocycles. The highest BCUT2D eigenvalue weighted by molar-refractivity contribution is 5.94. The summed E-state index contributed by atoms with van der Waals surface area (Å²) in [6, 6.07) is 27.7.